The molecule has 0 unspecified atom stereocenters. The van der Waals surface area contributed by atoms with Gasteiger partial charge in [0.1, 0.15) is 5.75 Å². The summed E-state index contributed by atoms with van der Waals surface area (Å²) in [5, 5.41) is 5.38. The van der Waals surface area contributed by atoms with Gasteiger partial charge in [0.25, 0.3) is 5.91 Å². The van der Waals surface area contributed by atoms with Gasteiger partial charge >= 0.3 is 0 Å². The molecule has 0 aliphatic carbocycles. The first-order valence-electron chi connectivity index (χ1n) is 7.50. The van der Waals surface area contributed by atoms with Gasteiger partial charge in [-0.2, -0.15) is 0 Å². The molecule has 0 aliphatic heterocycles. The first-order valence-corrected chi connectivity index (χ1v) is 7.88. The molecule has 7 heteroatoms. The second-order valence-corrected chi connectivity index (χ2v) is 5.54. The van der Waals surface area contributed by atoms with Crippen LogP contribution in [0.5, 0.6) is 5.75 Å². The van der Waals surface area contributed by atoms with Gasteiger partial charge in [-0.25, -0.2) is 0 Å². The third-order valence-corrected chi connectivity index (χ3v) is 3.57. The molecule has 6 nitrogen and oxygen atoms in total. The minimum atomic E-state index is -0.412. The van der Waals surface area contributed by atoms with Gasteiger partial charge in [0.2, 0.25) is 5.91 Å². The summed E-state index contributed by atoms with van der Waals surface area (Å²) < 4.78 is 5.32. The smallest absolute Gasteiger partial charge is 0.258 e. The van der Waals surface area contributed by atoms with Crippen molar-refractivity contribution >= 4 is 29.2 Å². The fraction of sp³-hybridized carbons (Fsp3) is 0.167. The zero-order valence-corrected chi connectivity index (χ0v) is 14.3. The number of ether oxygens (including phenoxy) is 1. The Morgan fingerprint density at radius 1 is 0.920 bits per heavy atom. The topological polar surface area (TPSA) is 84.5 Å². The van der Waals surface area contributed by atoms with E-state index in [0.29, 0.717) is 21.9 Å². The summed E-state index contributed by atoms with van der Waals surface area (Å²) in [6, 6.07) is 13.1. The lowest BCUT2D eigenvalue weighted by molar-refractivity contribution is -0.127. The Balaban J connectivity index is 1.89. The minimum Gasteiger partial charge on any atom is -0.484 e. The second-order valence-electron chi connectivity index (χ2n) is 5.10. The van der Waals surface area contributed by atoms with E-state index in [1.54, 1.807) is 48.5 Å². The first-order chi connectivity index (χ1) is 12.0. The van der Waals surface area contributed by atoms with Crippen LogP contribution in [0.15, 0.2) is 48.5 Å². The quantitative estimate of drug-likeness (QED) is 0.737. The van der Waals surface area contributed by atoms with Gasteiger partial charge < -0.3 is 15.4 Å². The van der Waals surface area contributed by atoms with Gasteiger partial charge in [0, 0.05) is 23.2 Å². The number of likely N-dealkylation sites (N-methyl/N-ethyl adjacent to an activating group) is 1. The molecule has 25 heavy (non-hydrogen) atoms. The summed E-state index contributed by atoms with van der Waals surface area (Å²) in [6.07, 6.45) is 0. The highest BCUT2D eigenvalue weighted by Crippen LogP contribution is 2.17. The molecule has 0 radical (unpaired) electrons. The highest BCUT2D eigenvalue weighted by Gasteiger charge is 2.10. The van der Waals surface area contributed by atoms with E-state index in [0.717, 1.165) is 0 Å². The highest BCUT2D eigenvalue weighted by atomic mass is 35.5. The van der Waals surface area contributed by atoms with E-state index in [2.05, 4.69) is 10.6 Å². The zero-order chi connectivity index (χ0) is 18.2. The summed E-state index contributed by atoms with van der Waals surface area (Å²) in [7, 11) is 1.48. The van der Waals surface area contributed by atoms with Crippen LogP contribution in [-0.2, 0) is 9.59 Å². The Labute approximate surface area is 150 Å². The number of amides is 2. The number of rotatable bonds is 7. The van der Waals surface area contributed by atoms with Crippen molar-refractivity contribution in [1.29, 1.82) is 0 Å². The molecule has 0 aliphatic rings. The maximum absolute atomic E-state index is 12.3. The average molecular weight is 361 g/mol. The summed E-state index contributed by atoms with van der Waals surface area (Å²) >= 11 is 5.81. The average Bonchev–Trinajstić information content (AvgIpc) is 2.64. The molecule has 0 atom stereocenters. The Bertz CT molecular complexity index is 758. The standard InChI is InChI=1S/C18H17ClN2O4/c1-20-16(22)10-21-17(23)11-25-15-8-4-13(5-9-15)18(24)12-2-6-14(19)7-3-12/h2-9H,10-11H2,1H3,(H,20,22)(H,21,23). The molecule has 0 saturated carbocycles. The maximum Gasteiger partial charge on any atom is 0.258 e. The SMILES string of the molecule is CNC(=O)CNC(=O)COc1ccc(C(=O)c2ccc(Cl)cc2)cc1. The number of nitrogens with one attached hydrogen (secondary N) is 2. The molecule has 0 heterocycles. The fourth-order valence-corrected chi connectivity index (χ4v) is 2.06. The van der Waals surface area contributed by atoms with E-state index in [4.69, 9.17) is 16.3 Å². The van der Waals surface area contributed by atoms with Crippen molar-refractivity contribution in [3.8, 4) is 5.75 Å². The van der Waals surface area contributed by atoms with Crippen LogP contribution < -0.4 is 15.4 Å². The number of halogens is 1. The number of ketones is 1. The molecular formula is C18H17ClN2O4. The summed E-state index contributed by atoms with van der Waals surface area (Å²) in [5.74, 6) is -0.391. The Kier molecular flexibility index (Phi) is 6.54. The molecule has 2 aromatic rings. The van der Waals surface area contributed by atoms with E-state index < -0.39 is 5.91 Å². The summed E-state index contributed by atoms with van der Waals surface area (Å²) in [6.45, 7) is -0.325. The van der Waals surface area contributed by atoms with Crippen molar-refractivity contribution in [2.24, 2.45) is 0 Å². The van der Waals surface area contributed by atoms with Gasteiger partial charge in [-0.1, -0.05) is 11.6 Å². The summed E-state index contributed by atoms with van der Waals surface area (Å²) in [5.41, 5.74) is 1.03. The Morgan fingerprint density at radius 3 is 2.04 bits per heavy atom. The van der Waals surface area contributed by atoms with E-state index in [1.165, 1.54) is 7.05 Å². The van der Waals surface area contributed by atoms with Crippen molar-refractivity contribution in [1.82, 2.24) is 10.6 Å². The van der Waals surface area contributed by atoms with Crippen LogP contribution in [0.4, 0.5) is 0 Å². The van der Waals surface area contributed by atoms with E-state index >= 15 is 0 Å². The molecule has 0 saturated heterocycles. The van der Waals surface area contributed by atoms with Crippen LogP contribution >= 0.6 is 11.6 Å². The molecule has 130 valence electrons. The predicted octanol–water partition coefficient (Wildman–Crippen LogP) is 1.81. The summed E-state index contributed by atoms with van der Waals surface area (Å²) in [4.78, 5) is 34.9. The molecule has 0 bridgehead atoms. The Morgan fingerprint density at radius 2 is 1.48 bits per heavy atom. The lowest BCUT2D eigenvalue weighted by Crippen LogP contribution is -2.37. The second kappa shape index (κ2) is 8.84. The van der Waals surface area contributed by atoms with Crippen molar-refractivity contribution in [3.05, 3.63) is 64.7 Å². The van der Waals surface area contributed by atoms with E-state index in [9.17, 15) is 14.4 Å². The molecule has 2 N–H and O–H groups in total. The molecule has 0 aromatic heterocycles. The maximum atomic E-state index is 12.3. The van der Waals surface area contributed by atoms with Gasteiger partial charge in [-0.15, -0.1) is 0 Å². The van der Waals surface area contributed by atoms with Crippen LogP contribution in [-0.4, -0.2) is 37.8 Å². The van der Waals surface area contributed by atoms with Crippen molar-refractivity contribution in [2.75, 3.05) is 20.2 Å². The number of hydrogen-bond acceptors (Lipinski definition) is 4. The molecule has 2 aromatic carbocycles. The third-order valence-electron chi connectivity index (χ3n) is 3.32. The first kappa shape index (κ1) is 18.5. The Hall–Kier alpha value is -2.86. The van der Waals surface area contributed by atoms with Gasteiger partial charge in [0.05, 0.1) is 6.54 Å². The lowest BCUT2D eigenvalue weighted by atomic mass is 10.0. The zero-order valence-electron chi connectivity index (χ0n) is 13.5. The lowest BCUT2D eigenvalue weighted by Gasteiger charge is -2.08. The normalized spacial score (nSPS) is 10.0. The van der Waals surface area contributed by atoms with Gasteiger partial charge in [-0.3, -0.25) is 14.4 Å². The van der Waals surface area contributed by atoms with Crippen molar-refractivity contribution in [3.63, 3.8) is 0 Å². The highest BCUT2D eigenvalue weighted by molar-refractivity contribution is 6.30. The minimum absolute atomic E-state index is 0.104. The van der Waals surface area contributed by atoms with Crippen LogP contribution in [0, 0.1) is 0 Å². The van der Waals surface area contributed by atoms with Gasteiger partial charge in [0.15, 0.2) is 12.4 Å². The van der Waals surface area contributed by atoms with Crippen LogP contribution in [0.2, 0.25) is 5.02 Å². The third kappa shape index (κ3) is 5.61. The van der Waals surface area contributed by atoms with Crippen LogP contribution in [0.3, 0.4) is 0 Å². The van der Waals surface area contributed by atoms with E-state index in [-0.39, 0.29) is 24.8 Å². The van der Waals surface area contributed by atoms with Crippen LogP contribution in [0.1, 0.15) is 15.9 Å². The predicted molar refractivity (Wildman–Crippen MR) is 93.9 cm³/mol. The molecular weight excluding hydrogens is 344 g/mol. The largest absolute Gasteiger partial charge is 0.484 e. The van der Waals surface area contributed by atoms with Crippen LogP contribution in [0.25, 0.3) is 0 Å². The molecule has 2 rings (SSSR count). The van der Waals surface area contributed by atoms with Gasteiger partial charge in [-0.05, 0) is 48.5 Å². The fourth-order valence-electron chi connectivity index (χ4n) is 1.94. The van der Waals surface area contributed by atoms with Crippen molar-refractivity contribution in [2.45, 2.75) is 0 Å². The number of hydrogen-bond donors (Lipinski definition) is 2. The number of carbonyl (C=O) groups is 3. The number of carbonyl (C=O) groups excluding carboxylic acids is 3. The molecule has 2 amide bonds. The number of benzene rings is 2. The van der Waals surface area contributed by atoms with Crippen molar-refractivity contribution < 1.29 is 19.1 Å². The monoisotopic (exact) mass is 360 g/mol. The van der Waals surface area contributed by atoms with E-state index in [1.807, 2.05) is 0 Å². The molecule has 0 spiro atoms. The molecule has 0 fully saturated rings.